The molecule has 1 atom stereocenters. The highest BCUT2D eigenvalue weighted by atomic mass is 35.5. The number of para-hydroxylation sites is 1. The first kappa shape index (κ1) is 23.7. The van der Waals surface area contributed by atoms with Gasteiger partial charge in [0.15, 0.2) is 0 Å². The van der Waals surface area contributed by atoms with E-state index < -0.39 is 12.1 Å². The van der Waals surface area contributed by atoms with E-state index in [-0.39, 0.29) is 30.2 Å². The number of carboxylic acid groups (broad SMARTS) is 1. The molecule has 2 aliphatic heterocycles. The molecule has 2 aliphatic rings. The van der Waals surface area contributed by atoms with Crippen LogP contribution in [0.3, 0.4) is 0 Å². The summed E-state index contributed by atoms with van der Waals surface area (Å²) in [7, 11) is 0. The lowest BCUT2D eigenvalue weighted by atomic mass is 9.87. The smallest absolute Gasteiger partial charge is 0.339 e. The van der Waals surface area contributed by atoms with Crippen LogP contribution in [0.15, 0.2) is 36.4 Å². The zero-order chi connectivity index (χ0) is 21.3. The van der Waals surface area contributed by atoms with Crippen LogP contribution in [0, 0.1) is 6.92 Å². The van der Waals surface area contributed by atoms with Gasteiger partial charge in [-0.15, -0.1) is 12.4 Å². The van der Waals surface area contributed by atoms with Crippen LogP contribution in [0.5, 0.6) is 11.5 Å². The number of fused-ring (bicyclic) bond motifs is 1. The summed E-state index contributed by atoms with van der Waals surface area (Å²) in [5.41, 5.74) is 1.83. The lowest BCUT2D eigenvalue weighted by Crippen LogP contribution is -2.49. The predicted molar refractivity (Wildman–Crippen MR) is 121 cm³/mol. The van der Waals surface area contributed by atoms with Crippen LogP contribution >= 0.6 is 24.0 Å². The Balaban J connectivity index is 0.00000272. The first-order valence-corrected chi connectivity index (χ1v) is 10.6. The number of hydrogen-bond acceptors (Lipinski definition) is 5. The minimum absolute atomic E-state index is 0. The molecule has 2 heterocycles. The molecule has 1 fully saturated rings. The summed E-state index contributed by atoms with van der Waals surface area (Å²) in [4.78, 5) is 13.6. The number of carboxylic acids is 1. The zero-order valence-electron chi connectivity index (χ0n) is 17.3. The number of aromatic carboxylic acids is 1. The van der Waals surface area contributed by atoms with Crippen LogP contribution in [0.1, 0.15) is 34.3 Å². The molecule has 0 aromatic heterocycles. The van der Waals surface area contributed by atoms with E-state index in [1.165, 1.54) is 6.07 Å². The molecule has 2 aromatic carbocycles. The van der Waals surface area contributed by atoms with Crippen LogP contribution in [-0.2, 0) is 6.42 Å². The van der Waals surface area contributed by atoms with E-state index in [1.54, 1.807) is 19.1 Å². The first-order valence-electron chi connectivity index (χ1n) is 10.2. The number of likely N-dealkylation sites (tertiary alicyclic amines) is 1. The second-order valence-corrected chi connectivity index (χ2v) is 8.67. The van der Waals surface area contributed by atoms with Crippen molar-refractivity contribution >= 4 is 30.0 Å². The Bertz CT molecular complexity index is 944. The van der Waals surface area contributed by atoms with Crippen molar-refractivity contribution in [2.75, 3.05) is 26.2 Å². The van der Waals surface area contributed by atoms with Crippen molar-refractivity contribution in [1.29, 1.82) is 0 Å². The van der Waals surface area contributed by atoms with Crippen LogP contribution in [-0.4, -0.2) is 59.0 Å². The summed E-state index contributed by atoms with van der Waals surface area (Å²) in [5.74, 6) is 0.203. The Morgan fingerprint density at radius 3 is 2.74 bits per heavy atom. The Labute approximate surface area is 193 Å². The van der Waals surface area contributed by atoms with E-state index in [2.05, 4.69) is 4.90 Å². The van der Waals surface area contributed by atoms with Crippen LogP contribution in [0.2, 0.25) is 5.02 Å². The number of aliphatic hydroxyl groups is 1. The fraction of sp³-hybridized carbons (Fsp3) is 0.435. The first-order chi connectivity index (χ1) is 14.3. The van der Waals surface area contributed by atoms with Crippen molar-refractivity contribution < 1.29 is 24.5 Å². The van der Waals surface area contributed by atoms with Gasteiger partial charge < -0.3 is 24.6 Å². The standard InChI is InChI=1S/C23H26ClNO5.ClH/c1-15-3-2-4-19(22(27)28)21(15)29-14-18(26)13-25-9-7-23(8-10-25)12-16-11-17(24)5-6-20(16)30-23;/h2-6,11,18,26H,7-10,12-14H2,1H3,(H,27,28);1H/t18-;/m0./s1. The quantitative estimate of drug-likeness (QED) is 0.668. The van der Waals surface area contributed by atoms with Gasteiger partial charge in [0, 0.05) is 43.9 Å². The summed E-state index contributed by atoms with van der Waals surface area (Å²) in [6, 6.07) is 10.8. The van der Waals surface area contributed by atoms with Gasteiger partial charge in [0.05, 0.1) is 0 Å². The van der Waals surface area contributed by atoms with Gasteiger partial charge in [-0.1, -0.05) is 23.7 Å². The van der Waals surface area contributed by atoms with Gasteiger partial charge in [0.25, 0.3) is 0 Å². The lowest BCUT2D eigenvalue weighted by Gasteiger charge is -2.39. The van der Waals surface area contributed by atoms with Gasteiger partial charge in [0.2, 0.25) is 0 Å². The summed E-state index contributed by atoms with van der Waals surface area (Å²) < 4.78 is 12.0. The number of aliphatic hydroxyl groups excluding tert-OH is 1. The van der Waals surface area contributed by atoms with Gasteiger partial charge in [0.1, 0.15) is 35.4 Å². The number of benzene rings is 2. The van der Waals surface area contributed by atoms with Gasteiger partial charge in [-0.25, -0.2) is 4.79 Å². The Hall–Kier alpha value is -1.99. The molecule has 1 saturated heterocycles. The molecule has 31 heavy (non-hydrogen) atoms. The number of nitrogens with zero attached hydrogens (tertiary/aromatic N) is 1. The number of rotatable bonds is 6. The van der Waals surface area contributed by atoms with Gasteiger partial charge in [-0.3, -0.25) is 0 Å². The van der Waals surface area contributed by atoms with Crippen molar-refractivity contribution in [2.45, 2.75) is 37.9 Å². The van der Waals surface area contributed by atoms with Crippen LogP contribution < -0.4 is 9.47 Å². The SMILES string of the molecule is Cc1cccc(C(=O)O)c1OC[C@@H](O)CN1CCC2(CC1)Cc1cc(Cl)ccc1O2.Cl. The number of halogens is 2. The van der Waals surface area contributed by atoms with E-state index >= 15 is 0 Å². The fourth-order valence-electron chi connectivity index (χ4n) is 4.37. The highest BCUT2D eigenvalue weighted by Gasteiger charge is 2.42. The van der Waals surface area contributed by atoms with E-state index in [0.29, 0.717) is 12.3 Å². The van der Waals surface area contributed by atoms with Crippen LogP contribution in [0.4, 0.5) is 0 Å². The van der Waals surface area contributed by atoms with Crippen molar-refractivity contribution in [3.8, 4) is 11.5 Å². The molecule has 0 unspecified atom stereocenters. The molecule has 4 rings (SSSR count). The molecular formula is C23H27Cl2NO5. The summed E-state index contributed by atoms with van der Waals surface area (Å²) in [6.45, 7) is 3.97. The molecular weight excluding hydrogens is 441 g/mol. The Morgan fingerprint density at radius 1 is 1.29 bits per heavy atom. The van der Waals surface area contributed by atoms with Gasteiger partial charge in [-0.2, -0.15) is 0 Å². The van der Waals surface area contributed by atoms with Crippen LogP contribution in [0.25, 0.3) is 0 Å². The molecule has 0 radical (unpaired) electrons. The third-order valence-electron chi connectivity index (χ3n) is 5.96. The van der Waals surface area contributed by atoms with Crippen molar-refractivity contribution in [2.24, 2.45) is 0 Å². The molecule has 0 aliphatic carbocycles. The molecule has 2 aromatic rings. The third kappa shape index (κ3) is 5.26. The van der Waals surface area contributed by atoms with Crippen molar-refractivity contribution in [3.05, 3.63) is 58.1 Å². The monoisotopic (exact) mass is 467 g/mol. The predicted octanol–water partition coefficient (Wildman–Crippen LogP) is 3.98. The van der Waals surface area contributed by atoms with Gasteiger partial charge in [-0.05, 0) is 42.3 Å². The summed E-state index contributed by atoms with van der Waals surface area (Å²) in [6.07, 6.45) is 1.93. The summed E-state index contributed by atoms with van der Waals surface area (Å²) in [5, 5.41) is 20.5. The fourth-order valence-corrected chi connectivity index (χ4v) is 4.56. The number of piperidine rings is 1. The topological polar surface area (TPSA) is 79.2 Å². The maximum atomic E-state index is 11.4. The molecule has 1 spiro atoms. The zero-order valence-corrected chi connectivity index (χ0v) is 18.9. The Morgan fingerprint density at radius 2 is 2.03 bits per heavy atom. The number of aryl methyl sites for hydroxylation is 1. The molecule has 0 amide bonds. The molecule has 2 N–H and O–H groups in total. The maximum Gasteiger partial charge on any atom is 0.339 e. The van der Waals surface area contributed by atoms with Crippen molar-refractivity contribution in [1.82, 2.24) is 4.90 Å². The highest BCUT2D eigenvalue weighted by Crippen LogP contribution is 2.41. The molecule has 6 nitrogen and oxygen atoms in total. The van der Waals surface area contributed by atoms with E-state index in [4.69, 9.17) is 21.1 Å². The number of ether oxygens (including phenoxy) is 2. The number of carbonyl (C=O) groups is 1. The average molecular weight is 468 g/mol. The molecule has 0 saturated carbocycles. The highest BCUT2D eigenvalue weighted by molar-refractivity contribution is 6.30. The molecule has 8 heteroatoms. The van der Waals surface area contributed by atoms with Crippen molar-refractivity contribution in [3.63, 3.8) is 0 Å². The Kier molecular flexibility index (Phi) is 7.37. The van der Waals surface area contributed by atoms with E-state index in [9.17, 15) is 15.0 Å². The van der Waals surface area contributed by atoms with Gasteiger partial charge >= 0.3 is 5.97 Å². The second kappa shape index (κ2) is 9.65. The van der Waals surface area contributed by atoms with E-state index in [0.717, 1.165) is 54.3 Å². The summed E-state index contributed by atoms with van der Waals surface area (Å²) >= 11 is 6.11. The third-order valence-corrected chi connectivity index (χ3v) is 6.20. The maximum absolute atomic E-state index is 11.4. The van der Waals surface area contributed by atoms with E-state index in [1.807, 2.05) is 18.2 Å². The normalized spacial score (nSPS) is 18.0. The second-order valence-electron chi connectivity index (χ2n) is 8.24. The number of hydrogen-bond donors (Lipinski definition) is 2. The minimum Gasteiger partial charge on any atom is -0.490 e. The average Bonchev–Trinajstić information content (AvgIpc) is 3.05. The lowest BCUT2D eigenvalue weighted by molar-refractivity contribution is -0.00207. The molecule has 168 valence electrons. The minimum atomic E-state index is -1.04. The largest absolute Gasteiger partial charge is 0.490 e. The molecule has 0 bridgehead atoms. The number of β-amino-alcohol motifs (C(OH)–C–C–N with tert-alkyl or cyclic N) is 1.